The summed E-state index contributed by atoms with van der Waals surface area (Å²) in [6, 6.07) is 15.4. The van der Waals surface area contributed by atoms with E-state index in [1.807, 2.05) is 60.4 Å². The van der Waals surface area contributed by atoms with Crippen LogP contribution in [0.1, 0.15) is 34.3 Å². The van der Waals surface area contributed by atoms with Crippen molar-refractivity contribution in [1.29, 1.82) is 0 Å². The minimum Gasteiger partial charge on any atom is -0.492 e. The number of ether oxygens (including phenoxy) is 1. The van der Waals surface area contributed by atoms with E-state index in [1.54, 1.807) is 11.9 Å². The summed E-state index contributed by atoms with van der Waals surface area (Å²) in [4.78, 5) is 27.8. The summed E-state index contributed by atoms with van der Waals surface area (Å²) in [5.41, 5.74) is 2.84. The fourth-order valence-electron chi connectivity index (χ4n) is 3.17. The lowest BCUT2D eigenvalue weighted by molar-refractivity contribution is -0.128. The fraction of sp³-hybridized carbons (Fsp3) is 0.364. The van der Waals surface area contributed by atoms with Gasteiger partial charge in [0.1, 0.15) is 12.4 Å². The average Bonchev–Trinajstić information content (AvgIpc) is 3.06. The molecule has 1 aliphatic rings. The molecule has 2 aromatic rings. The summed E-state index contributed by atoms with van der Waals surface area (Å²) in [5.74, 6) is 0.992. The van der Waals surface area contributed by atoms with Gasteiger partial charge in [-0.25, -0.2) is 0 Å². The van der Waals surface area contributed by atoms with E-state index in [-0.39, 0.29) is 11.8 Å². The Bertz CT molecular complexity index is 801. The Labute approximate surface area is 160 Å². The second-order valence-corrected chi connectivity index (χ2v) is 7.01. The monoisotopic (exact) mass is 366 g/mol. The van der Waals surface area contributed by atoms with E-state index in [0.717, 1.165) is 29.8 Å². The zero-order valence-electron chi connectivity index (χ0n) is 16.0. The van der Waals surface area contributed by atoms with Gasteiger partial charge in [-0.1, -0.05) is 24.3 Å². The van der Waals surface area contributed by atoms with E-state index < -0.39 is 0 Å². The molecule has 0 unspecified atom stereocenters. The number of benzene rings is 2. The fourth-order valence-corrected chi connectivity index (χ4v) is 3.17. The van der Waals surface area contributed by atoms with Crippen molar-refractivity contribution in [2.24, 2.45) is 0 Å². The summed E-state index contributed by atoms with van der Waals surface area (Å²) in [6.45, 7) is 4.42. The highest BCUT2D eigenvalue weighted by atomic mass is 16.5. The van der Waals surface area contributed by atoms with Crippen molar-refractivity contribution in [3.05, 3.63) is 65.2 Å². The van der Waals surface area contributed by atoms with Gasteiger partial charge in [-0.15, -0.1) is 0 Å². The Kier molecular flexibility index (Phi) is 6.12. The van der Waals surface area contributed by atoms with Crippen molar-refractivity contribution in [2.45, 2.75) is 26.3 Å². The van der Waals surface area contributed by atoms with Crippen LogP contribution in [0.2, 0.25) is 0 Å². The topological polar surface area (TPSA) is 49.9 Å². The molecular weight excluding hydrogens is 340 g/mol. The van der Waals surface area contributed by atoms with Crippen LogP contribution in [0.4, 0.5) is 0 Å². The van der Waals surface area contributed by atoms with Crippen LogP contribution in [-0.2, 0) is 11.3 Å². The second-order valence-electron chi connectivity index (χ2n) is 7.01. The molecule has 1 fully saturated rings. The molecule has 3 rings (SSSR count). The first kappa shape index (κ1) is 19.0. The Morgan fingerprint density at radius 1 is 1.19 bits per heavy atom. The van der Waals surface area contributed by atoms with Crippen molar-refractivity contribution in [3.63, 3.8) is 0 Å². The lowest BCUT2D eigenvalue weighted by atomic mass is 10.1. The Morgan fingerprint density at radius 3 is 2.63 bits per heavy atom. The van der Waals surface area contributed by atoms with E-state index in [4.69, 9.17) is 4.74 Å². The number of rotatable bonds is 7. The molecule has 0 saturated carbocycles. The molecule has 5 nitrogen and oxygen atoms in total. The van der Waals surface area contributed by atoms with Gasteiger partial charge in [0.25, 0.3) is 5.91 Å². The number of hydrogen-bond donors (Lipinski definition) is 0. The van der Waals surface area contributed by atoms with Gasteiger partial charge in [0, 0.05) is 32.1 Å². The van der Waals surface area contributed by atoms with Crippen LogP contribution in [0.15, 0.2) is 48.5 Å². The van der Waals surface area contributed by atoms with Gasteiger partial charge >= 0.3 is 0 Å². The Hall–Kier alpha value is -2.82. The van der Waals surface area contributed by atoms with Gasteiger partial charge in [0.15, 0.2) is 0 Å². The highest BCUT2D eigenvalue weighted by molar-refractivity contribution is 5.94. The number of likely N-dealkylation sites (tertiary alicyclic amines) is 1. The van der Waals surface area contributed by atoms with Crippen molar-refractivity contribution < 1.29 is 14.3 Å². The minimum absolute atomic E-state index is 0.0355. The molecule has 2 amide bonds. The second kappa shape index (κ2) is 8.71. The lowest BCUT2D eigenvalue weighted by Crippen LogP contribution is -2.31. The molecule has 0 bridgehead atoms. The normalized spacial score (nSPS) is 13.7. The molecular formula is C22H26N2O3. The lowest BCUT2D eigenvalue weighted by Gasteiger charge is -2.18. The summed E-state index contributed by atoms with van der Waals surface area (Å²) < 4.78 is 5.72. The number of aryl methyl sites for hydroxylation is 1. The highest BCUT2D eigenvalue weighted by Crippen LogP contribution is 2.16. The molecule has 1 heterocycles. The summed E-state index contributed by atoms with van der Waals surface area (Å²) >= 11 is 0. The number of nitrogens with zero attached hydrogens (tertiary/aromatic N) is 2. The van der Waals surface area contributed by atoms with Crippen molar-refractivity contribution in [2.75, 3.05) is 26.7 Å². The van der Waals surface area contributed by atoms with Gasteiger partial charge < -0.3 is 14.5 Å². The molecule has 0 aromatic heterocycles. The predicted molar refractivity (Wildman–Crippen MR) is 105 cm³/mol. The Balaban J connectivity index is 1.49. The molecule has 0 radical (unpaired) electrons. The molecule has 1 saturated heterocycles. The first-order valence-electron chi connectivity index (χ1n) is 9.34. The van der Waals surface area contributed by atoms with Crippen LogP contribution in [0.3, 0.4) is 0 Å². The zero-order chi connectivity index (χ0) is 19.2. The van der Waals surface area contributed by atoms with E-state index in [2.05, 4.69) is 0 Å². The largest absolute Gasteiger partial charge is 0.492 e. The van der Waals surface area contributed by atoms with Crippen LogP contribution in [0.5, 0.6) is 5.75 Å². The summed E-state index contributed by atoms with van der Waals surface area (Å²) in [6.07, 6.45) is 1.58. The molecule has 142 valence electrons. The zero-order valence-corrected chi connectivity index (χ0v) is 16.0. The van der Waals surface area contributed by atoms with Crippen LogP contribution < -0.4 is 4.74 Å². The SMILES string of the molecule is Cc1cccc(OCCN(C)C(=O)c2ccc(CN3CCCC3=O)cc2)c1. The van der Waals surface area contributed by atoms with Gasteiger partial charge in [-0.05, 0) is 48.7 Å². The van der Waals surface area contributed by atoms with Gasteiger partial charge in [-0.2, -0.15) is 0 Å². The van der Waals surface area contributed by atoms with E-state index >= 15 is 0 Å². The highest BCUT2D eigenvalue weighted by Gasteiger charge is 2.20. The molecule has 0 spiro atoms. The summed E-state index contributed by atoms with van der Waals surface area (Å²) in [5, 5.41) is 0. The minimum atomic E-state index is -0.0355. The smallest absolute Gasteiger partial charge is 0.253 e. The standard InChI is InChI=1S/C22H26N2O3/c1-17-5-3-6-20(15-17)27-14-13-23(2)22(26)19-10-8-18(9-11-19)16-24-12-4-7-21(24)25/h3,5-6,8-11,15H,4,7,12-14,16H2,1-2H3. The van der Waals surface area contributed by atoms with Crippen LogP contribution in [-0.4, -0.2) is 48.4 Å². The predicted octanol–water partition coefficient (Wildman–Crippen LogP) is 3.27. The first-order chi connectivity index (χ1) is 13.0. The third-order valence-electron chi connectivity index (χ3n) is 4.78. The van der Waals surface area contributed by atoms with Crippen molar-refractivity contribution >= 4 is 11.8 Å². The van der Waals surface area contributed by atoms with E-state index in [0.29, 0.717) is 31.7 Å². The number of likely N-dealkylation sites (N-methyl/N-ethyl adjacent to an activating group) is 1. The number of carbonyl (C=O) groups is 2. The van der Waals surface area contributed by atoms with E-state index in [9.17, 15) is 9.59 Å². The van der Waals surface area contributed by atoms with Gasteiger partial charge in [0.2, 0.25) is 5.91 Å². The quantitative estimate of drug-likeness (QED) is 0.756. The number of amides is 2. The summed E-state index contributed by atoms with van der Waals surface area (Å²) in [7, 11) is 1.78. The molecule has 0 N–H and O–H groups in total. The van der Waals surface area contributed by atoms with Gasteiger partial charge in [-0.3, -0.25) is 9.59 Å². The molecule has 0 atom stereocenters. The molecule has 1 aliphatic heterocycles. The maximum atomic E-state index is 12.6. The Morgan fingerprint density at radius 2 is 1.96 bits per heavy atom. The van der Waals surface area contributed by atoms with Crippen molar-refractivity contribution in [1.82, 2.24) is 9.80 Å². The maximum absolute atomic E-state index is 12.6. The first-order valence-corrected chi connectivity index (χ1v) is 9.34. The molecule has 0 aliphatic carbocycles. The van der Waals surface area contributed by atoms with Gasteiger partial charge in [0.05, 0.1) is 6.54 Å². The number of hydrogen-bond acceptors (Lipinski definition) is 3. The van der Waals surface area contributed by atoms with Crippen LogP contribution in [0, 0.1) is 6.92 Å². The van der Waals surface area contributed by atoms with Crippen LogP contribution in [0.25, 0.3) is 0 Å². The molecule has 2 aromatic carbocycles. The maximum Gasteiger partial charge on any atom is 0.253 e. The van der Waals surface area contributed by atoms with E-state index in [1.165, 1.54) is 0 Å². The molecule has 27 heavy (non-hydrogen) atoms. The average molecular weight is 366 g/mol. The van der Waals surface area contributed by atoms with Crippen LogP contribution >= 0.6 is 0 Å². The number of carbonyl (C=O) groups excluding carboxylic acids is 2. The third kappa shape index (κ3) is 5.09. The third-order valence-corrected chi connectivity index (χ3v) is 4.78. The van der Waals surface area contributed by atoms with Crippen molar-refractivity contribution in [3.8, 4) is 5.75 Å². The molecule has 5 heteroatoms.